The number of aryl methyl sites for hydroxylation is 2. The van der Waals surface area contributed by atoms with Gasteiger partial charge in [-0.2, -0.15) is 5.10 Å². The lowest BCUT2D eigenvalue weighted by Gasteiger charge is -2.48. The summed E-state index contributed by atoms with van der Waals surface area (Å²) in [5.41, 5.74) is 8.38. The van der Waals surface area contributed by atoms with Crippen molar-refractivity contribution in [3.8, 4) is 17.1 Å². The van der Waals surface area contributed by atoms with Crippen LogP contribution in [0.15, 0.2) is 61.1 Å². The molecule has 0 bridgehead atoms. The first-order valence-electron chi connectivity index (χ1n) is 15.8. The number of nitrogens with two attached hydrogens (primary N) is 1. The van der Waals surface area contributed by atoms with Crippen LogP contribution in [0, 0.1) is 5.92 Å². The Morgan fingerprint density at radius 2 is 1.93 bits per heavy atom. The smallest absolute Gasteiger partial charge is 0.226 e. The maximum Gasteiger partial charge on any atom is 0.226 e. The van der Waals surface area contributed by atoms with Gasteiger partial charge in [-0.05, 0) is 61.4 Å². The highest BCUT2D eigenvalue weighted by Gasteiger charge is 2.50. The number of amides is 1. The first-order chi connectivity index (χ1) is 21.0. The molecule has 0 saturated heterocycles. The minimum Gasteiger partial charge on any atom is -0.471 e. The molecule has 3 N–H and O–H groups in total. The number of nitrogens with zero attached hydrogens (tertiary/aromatic N) is 5. The quantitative estimate of drug-likeness (QED) is 0.173. The number of aromatic nitrogens is 4. The van der Waals surface area contributed by atoms with Gasteiger partial charge in [0, 0.05) is 42.5 Å². The molecule has 4 rings (SSSR count). The lowest BCUT2D eigenvalue weighted by atomic mass is 9.76. The Bertz CT molecular complexity index is 1550. The number of aliphatic hydroxyl groups is 1. The molecule has 0 radical (unpaired) electrons. The fraction of sp³-hybridized carbons (Fsp3) is 0.486. The van der Waals surface area contributed by atoms with E-state index >= 15 is 0 Å². The van der Waals surface area contributed by atoms with Crippen LogP contribution in [0.1, 0.15) is 57.7 Å². The molecule has 0 spiro atoms. The van der Waals surface area contributed by atoms with E-state index in [9.17, 15) is 9.90 Å². The van der Waals surface area contributed by atoms with Gasteiger partial charge >= 0.3 is 0 Å². The first-order valence-corrected chi connectivity index (χ1v) is 15.8. The number of likely N-dealkylation sites (N-methyl/N-ethyl adjacent to an activating group) is 1. The van der Waals surface area contributed by atoms with Crippen molar-refractivity contribution >= 4 is 16.7 Å². The fourth-order valence-electron chi connectivity index (χ4n) is 6.63. The highest BCUT2D eigenvalue weighted by atomic mass is 16.5. The summed E-state index contributed by atoms with van der Waals surface area (Å²) in [6.45, 7) is 6.97. The van der Waals surface area contributed by atoms with E-state index in [1.807, 2.05) is 64.6 Å². The molecule has 0 saturated carbocycles. The standard InChI is InChI=1S/C35H48N6O3/c1-7-9-13-29-21-27-12-10-11-14-30(27)34(39-29)44-19-18-41(5,6)32(25(3)33(36)42)35(43,16-8-2)22-26-15-17-37-31(20-26)28-23-38-40(4)24-28/h10-12,14-15,17,20-21,23-25,32,43H,7-9,13,16,18-19,22H2,1-6H3,(H-,36,42)/p+1/t25?,32-,35-/m0/s1. The zero-order chi connectivity index (χ0) is 31.9. The lowest BCUT2D eigenvalue weighted by Crippen LogP contribution is -2.66. The number of hydrogen-bond donors (Lipinski definition) is 2. The van der Waals surface area contributed by atoms with Crippen molar-refractivity contribution in [3.05, 3.63) is 72.3 Å². The predicted molar refractivity (Wildman–Crippen MR) is 175 cm³/mol. The summed E-state index contributed by atoms with van der Waals surface area (Å²) in [4.78, 5) is 22.1. The number of unbranched alkanes of at least 4 members (excludes halogenated alkanes) is 1. The van der Waals surface area contributed by atoms with Gasteiger partial charge in [-0.1, -0.05) is 44.9 Å². The number of ether oxygens (including phenoxy) is 1. The van der Waals surface area contributed by atoms with Crippen LogP contribution in [0.5, 0.6) is 5.88 Å². The van der Waals surface area contributed by atoms with Crippen LogP contribution in [0.4, 0.5) is 0 Å². The number of benzene rings is 1. The van der Waals surface area contributed by atoms with Crippen molar-refractivity contribution in [2.24, 2.45) is 18.7 Å². The molecule has 3 aromatic heterocycles. The summed E-state index contributed by atoms with van der Waals surface area (Å²) < 4.78 is 8.46. The molecule has 44 heavy (non-hydrogen) atoms. The first kappa shape index (κ1) is 33.1. The zero-order valence-electron chi connectivity index (χ0n) is 27.2. The van der Waals surface area contributed by atoms with Crippen LogP contribution in [-0.2, 0) is 24.7 Å². The van der Waals surface area contributed by atoms with Gasteiger partial charge in [0.2, 0.25) is 11.8 Å². The lowest BCUT2D eigenvalue weighted by molar-refractivity contribution is -0.925. The van der Waals surface area contributed by atoms with Crippen molar-refractivity contribution in [1.29, 1.82) is 0 Å². The molecular formula is C35H49N6O3+. The van der Waals surface area contributed by atoms with Crippen LogP contribution in [0.2, 0.25) is 0 Å². The molecule has 0 aliphatic rings. The number of primary amides is 1. The van der Waals surface area contributed by atoms with E-state index in [0.717, 1.165) is 59.0 Å². The van der Waals surface area contributed by atoms with E-state index in [4.69, 9.17) is 15.5 Å². The molecule has 9 nitrogen and oxygen atoms in total. The van der Waals surface area contributed by atoms with Gasteiger partial charge in [-0.3, -0.25) is 14.5 Å². The highest BCUT2D eigenvalue weighted by molar-refractivity contribution is 5.87. The van der Waals surface area contributed by atoms with E-state index in [1.165, 1.54) is 0 Å². The molecule has 9 heteroatoms. The number of hydrogen-bond acceptors (Lipinski definition) is 6. The van der Waals surface area contributed by atoms with E-state index < -0.39 is 23.5 Å². The number of carbonyl (C=O) groups excluding carboxylic acids is 1. The zero-order valence-corrected chi connectivity index (χ0v) is 27.2. The van der Waals surface area contributed by atoms with Crippen LogP contribution in [0.25, 0.3) is 22.0 Å². The van der Waals surface area contributed by atoms with Crippen molar-refractivity contribution in [2.45, 2.75) is 70.9 Å². The second-order valence-corrected chi connectivity index (χ2v) is 12.7. The minimum atomic E-state index is -1.22. The fourth-order valence-corrected chi connectivity index (χ4v) is 6.63. The van der Waals surface area contributed by atoms with E-state index in [2.05, 4.69) is 36.1 Å². The number of quaternary nitrogens is 1. The van der Waals surface area contributed by atoms with E-state index in [-0.39, 0.29) is 0 Å². The Balaban J connectivity index is 1.61. The molecule has 1 unspecified atom stereocenters. The average Bonchev–Trinajstić information content (AvgIpc) is 3.42. The van der Waals surface area contributed by atoms with Crippen LogP contribution in [-0.4, -0.2) is 74.1 Å². The van der Waals surface area contributed by atoms with Gasteiger partial charge in [0.1, 0.15) is 24.8 Å². The third-order valence-electron chi connectivity index (χ3n) is 8.70. The largest absolute Gasteiger partial charge is 0.471 e. The summed E-state index contributed by atoms with van der Waals surface area (Å²) in [6, 6.07) is 13.7. The monoisotopic (exact) mass is 601 g/mol. The maximum atomic E-state index is 12.7. The minimum absolute atomic E-state index is 0.342. The Morgan fingerprint density at radius 1 is 1.16 bits per heavy atom. The van der Waals surface area contributed by atoms with Crippen LogP contribution < -0.4 is 10.5 Å². The summed E-state index contributed by atoms with van der Waals surface area (Å²) in [5.74, 6) is -0.395. The molecule has 4 aromatic rings. The molecule has 1 aromatic carbocycles. The Morgan fingerprint density at radius 3 is 2.61 bits per heavy atom. The number of pyridine rings is 2. The van der Waals surface area contributed by atoms with Crippen LogP contribution >= 0.6 is 0 Å². The van der Waals surface area contributed by atoms with Gasteiger partial charge < -0.3 is 20.1 Å². The molecule has 236 valence electrons. The molecule has 0 aliphatic carbocycles. The number of fused-ring (bicyclic) bond motifs is 1. The van der Waals surface area contributed by atoms with Crippen molar-refractivity contribution in [2.75, 3.05) is 27.2 Å². The number of rotatable bonds is 16. The average molecular weight is 602 g/mol. The van der Waals surface area contributed by atoms with Crippen LogP contribution in [0.3, 0.4) is 0 Å². The van der Waals surface area contributed by atoms with Gasteiger partial charge in [0.15, 0.2) is 0 Å². The van der Waals surface area contributed by atoms with Crippen molar-refractivity contribution in [3.63, 3.8) is 0 Å². The van der Waals surface area contributed by atoms with E-state index in [0.29, 0.717) is 36.4 Å². The van der Waals surface area contributed by atoms with E-state index in [1.54, 1.807) is 17.1 Å². The Labute approximate surface area is 261 Å². The van der Waals surface area contributed by atoms with Gasteiger partial charge in [-0.15, -0.1) is 0 Å². The summed E-state index contributed by atoms with van der Waals surface area (Å²) in [7, 11) is 5.96. The maximum absolute atomic E-state index is 12.7. The normalized spacial score (nSPS) is 14.7. The molecule has 0 fully saturated rings. The second kappa shape index (κ2) is 14.3. The molecule has 3 atom stereocenters. The Hall–Kier alpha value is -3.82. The van der Waals surface area contributed by atoms with Crippen molar-refractivity contribution < 1.29 is 19.1 Å². The van der Waals surface area contributed by atoms with Gasteiger partial charge in [0.05, 0.1) is 31.9 Å². The highest BCUT2D eigenvalue weighted by Crippen LogP contribution is 2.35. The van der Waals surface area contributed by atoms with Gasteiger partial charge in [0.25, 0.3) is 0 Å². The third-order valence-corrected chi connectivity index (χ3v) is 8.70. The molecule has 0 aliphatic heterocycles. The van der Waals surface area contributed by atoms with Crippen molar-refractivity contribution in [1.82, 2.24) is 19.7 Å². The SMILES string of the molecule is CCCCc1cc2ccccc2c(OCC[N+](C)(C)[C@@H](C(C)C(N)=O)[C@](O)(CCC)Cc2ccnc(-c3cnn(C)c3)c2)n1. The molecule has 1 amide bonds. The van der Waals surface area contributed by atoms with Gasteiger partial charge in [-0.25, -0.2) is 4.98 Å². The summed E-state index contributed by atoms with van der Waals surface area (Å²) in [6.07, 6.45) is 10.1. The molecular weight excluding hydrogens is 552 g/mol. The number of carbonyl (C=O) groups is 1. The molecule has 3 heterocycles. The topological polar surface area (TPSA) is 116 Å². The predicted octanol–water partition coefficient (Wildman–Crippen LogP) is 5.09. The summed E-state index contributed by atoms with van der Waals surface area (Å²) >= 11 is 0. The Kier molecular flexibility index (Phi) is 10.8. The second-order valence-electron chi connectivity index (χ2n) is 12.7. The third kappa shape index (κ3) is 7.81. The summed E-state index contributed by atoms with van der Waals surface area (Å²) in [5, 5.41) is 18.9.